The van der Waals surface area contributed by atoms with Gasteiger partial charge in [0.25, 0.3) is 5.91 Å². The number of amides is 2. The number of nitrogens with zero attached hydrogens (tertiary/aromatic N) is 3. The Kier molecular flexibility index (Phi) is 7.37. The van der Waals surface area contributed by atoms with Crippen molar-refractivity contribution in [2.45, 2.75) is 12.8 Å². The first-order chi connectivity index (χ1) is 16.5. The summed E-state index contributed by atoms with van der Waals surface area (Å²) in [7, 11) is 1.60. The summed E-state index contributed by atoms with van der Waals surface area (Å²) in [4.78, 5) is 33.5. The van der Waals surface area contributed by atoms with E-state index in [9.17, 15) is 14.0 Å². The fourth-order valence-corrected chi connectivity index (χ4v) is 3.93. The SMILES string of the molecule is COc1ccc(CC(=O)Nc2ccc(N3CCCN(C(=O)c4cccc(F)c4)CC3)nc2)cc1. The Bertz CT molecular complexity index is 1140. The minimum atomic E-state index is -0.414. The molecule has 1 N–H and O–H groups in total. The second kappa shape index (κ2) is 10.8. The zero-order valence-corrected chi connectivity index (χ0v) is 19.0. The van der Waals surface area contributed by atoms with Crippen LogP contribution in [-0.4, -0.2) is 55.0 Å². The number of pyridine rings is 1. The lowest BCUT2D eigenvalue weighted by molar-refractivity contribution is -0.115. The zero-order chi connectivity index (χ0) is 23.9. The van der Waals surface area contributed by atoms with Crippen LogP contribution in [0.4, 0.5) is 15.9 Å². The lowest BCUT2D eigenvalue weighted by Gasteiger charge is -2.23. The molecule has 1 aliphatic heterocycles. The molecule has 0 unspecified atom stereocenters. The largest absolute Gasteiger partial charge is 0.497 e. The predicted octanol–water partition coefficient (Wildman–Crippen LogP) is 3.76. The van der Waals surface area contributed by atoms with E-state index in [-0.39, 0.29) is 18.2 Å². The first kappa shape index (κ1) is 23.2. The van der Waals surface area contributed by atoms with Gasteiger partial charge in [0.05, 0.1) is 25.4 Å². The molecule has 1 aromatic heterocycles. The summed E-state index contributed by atoms with van der Waals surface area (Å²) >= 11 is 0. The van der Waals surface area contributed by atoms with E-state index in [0.717, 1.165) is 30.1 Å². The van der Waals surface area contributed by atoms with Crippen LogP contribution < -0.4 is 15.0 Å². The normalized spacial score (nSPS) is 13.8. The van der Waals surface area contributed by atoms with Crippen molar-refractivity contribution in [2.75, 3.05) is 43.5 Å². The smallest absolute Gasteiger partial charge is 0.254 e. The van der Waals surface area contributed by atoms with Crippen LogP contribution in [0.25, 0.3) is 0 Å². The van der Waals surface area contributed by atoms with Crippen LogP contribution in [0.1, 0.15) is 22.3 Å². The summed E-state index contributed by atoms with van der Waals surface area (Å²) in [5, 5.41) is 2.87. The summed E-state index contributed by atoms with van der Waals surface area (Å²) in [5.41, 5.74) is 1.88. The Balaban J connectivity index is 1.31. The molecule has 1 fully saturated rings. The van der Waals surface area contributed by atoms with E-state index in [4.69, 9.17) is 4.74 Å². The van der Waals surface area contributed by atoms with Crippen LogP contribution >= 0.6 is 0 Å². The fraction of sp³-hybridized carbons (Fsp3) is 0.269. The summed E-state index contributed by atoms with van der Waals surface area (Å²) in [5.74, 6) is 0.833. The third kappa shape index (κ3) is 5.89. The van der Waals surface area contributed by atoms with Gasteiger partial charge in [-0.25, -0.2) is 9.37 Å². The topological polar surface area (TPSA) is 74.8 Å². The number of benzene rings is 2. The highest BCUT2D eigenvalue weighted by molar-refractivity contribution is 5.94. The number of methoxy groups -OCH3 is 1. The first-order valence-electron chi connectivity index (χ1n) is 11.2. The van der Waals surface area contributed by atoms with Crippen molar-refractivity contribution < 1.29 is 18.7 Å². The average Bonchev–Trinajstić information content (AvgIpc) is 3.11. The van der Waals surface area contributed by atoms with Crippen LogP contribution in [0, 0.1) is 5.82 Å². The second-order valence-electron chi connectivity index (χ2n) is 8.12. The molecule has 0 spiro atoms. The highest BCUT2D eigenvalue weighted by atomic mass is 19.1. The number of hydrogen-bond acceptors (Lipinski definition) is 5. The van der Waals surface area contributed by atoms with Gasteiger partial charge in [0.2, 0.25) is 5.91 Å². The number of carbonyl (C=O) groups excluding carboxylic acids is 2. The Hall–Kier alpha value is -3.94. The number of rotatable bonds is 6. The van der Waals surface area contributed by atoms with Crippen molar-refractivity contribution in [1.29, 1.82) is 0 Å². The zero-order valence-electron chi connectivity index (χ0n) is 19.0. The maximum absolute atomic E-state index is 13.5. The van der Waals surface area contributed by atoms with Gasteiger partial charge in [0, 0.05) is 31.7 Å². The van der Waals surface area contributed by atoms with Gasteiger partial charge in [-0.15, -0.1) is 0 Å². The van der Waals surface area contributed by atoms with E-state index in [2.05, 4.69) is 15.2 Å². The van der Waals surface area contributed by atoms with Crippen LogP contribution in [0.2, 0.25) is 0 Å². The van der Waals surface area contributed by atoms with Gasteiger partial charge >= 0.3 is 0 Å². The van der Waals surface area contributed by atoms with Crippen molar-refractivity contribution >= 4 is 23.3 Å². The Morgan fingerprint density at radius 3 is 2.56 bits per heavy atom. The highest BCUT2D eigenvalue weighted by Gasteiger charge is 2.21. The molecule has 1 aliphatic rings. The van der Waals surface area contributed by atoms with Gasteiger partial charge < -0.3 is 19.9 Å². The monoisotopic (exact) mass is 462 g/mol. The van der Waals surface area contributed by atoms with Gasteiger partial charge in [-0.3, -0.25) is 9.59 Å². The molecule has 0 aliphatic carbocycles. The molecule has 0 bridgehead atoms. The van der Waals surface area contributed by atoms with Gasteiger partial charge in [-0.2, -0.15) is 0 Å². The fourth-order valence-electron chi connectivity index (χ4n) is 3.93. The molecule has 2 amide bonds. The molecule has 176 valence electrons. The van der Waals surface area contributed by atoms with Crippen LogP contribution in [0.15, 0.2) is 66.9 Å². The maximum Gasteiger partial charge on any atom is 0.254 e. The lowest BCUT2D eigenvalue weighted by Crippen LogP contribution is -2.35. The van der Waals surface area contributed by atoms with Crippen molar-refractivity contribution in [2.24, 2.45) is 0 Å². The number of nitrogens with one attached hydrogen (secondary N) is 1. The Morgan fingerprint density at radius 1 is 1.03 bits per heavy atom. The number of aromatic nitrogens is 1. The molecule has 4 rings (SSSR count). The summed E-state index contributed by atoms with van der Waals surface area (Å²) in [6, 6.07) is 16.9. The summed E-state index contributed by atoms with van der Waals surface area (Å²) in [6.07, 6.45) is 2.68. The molecule has 0 radical (unpaired) electrons. The molecule has 2 aromatic carbocycles. The van der Waals surface area contributed by atoms with Crippen molar-refractivity contribution in [3.05, 3.63) is 83.8 Å². The predicted molar refractivity (Wildman–Crippen MR) is 129 cm³/mol. The highest BCUT2D eigenvalue weighted by Crippen LogP contribution is 2.18. The van der Waals surface area contributed by atoms with E-state index in [1.807, 2.05) is 36.4 Å². The van der Waals surface area contributed by atoms with Crippen LogP contribution in [-0.2, 0) is 11.2 Å². The first-order valence-corrected chi connectivity index (χ1v) is 11.2. The maximum atomic E-state index is 13.5. The van der Waals surface area contributed by atoms with E-state index in [1.54, 1.807) is 30.3 Å². The lowest BCUT2D eigenvalue weighted by atomic mass is 10.1. The number of hydrogen-bond donors (Lipinski definition) is 1. The number of carbonyl (C=O) groups is 2. The summed E-state index contributed by atoms with van der Waals surface area (Å²) < 4.78 is 18.6. The van der Waals surface area contributed by atoms with Crippen LogP contribution in [0.5, 0.6) is 5.75 Å². The van der Waals surface area contributed by atoms with Gasteiger partial charge in [0.15, 0.2) is 0 Å². The third-order valence-corrected chi connectivity index (χ3v) is 5.73. The van der Waals surface area contributed by atoms with Gasteiger partial charge in [-0.1, -0.05) is 18.2 Å². The van der Waals surface area contributed by atoms with E-state index < -0.39 is 5.82 Å². The number of halogens is 1. The average molecular weight is 463 g/mol. The third-order valence-electron chi connectivity index (χ3n) is 5.73. The van der Waals surface area contributed by atoms with Crippen molar-refractivity contribution in [1.82, 2.24) is 9.88 Å². The van der Waals surface area contributed by atoms with E-state index >= 15 is 0 Å². The van der Waals surface area contributed by atoms with Crippen molar-refractivity contribution in [3.8, 4) is 5.75 Å². The number of anilines is 2. The standard InChI is InChI=1S/C26H27FN4O3/c1-34-23-9-6-19(7-10-23)16-25(32)29-22-8-11-24(28-18-22)30-12-3-13-31(15-14-30)26(33)20-4-2-5-21(27)17-20/h2,4-11,17-18H,3,12-16H2,1H3,(H,29,32). The van der Waals surface area contributed by atoms with Crippen LogP contribution in [0.3, 0.4) is 0 Å². The Labute approximate surface area is 198 Å². The molecular formula is C26H27FN4O3. The molecule has 3 aromatic rings. The number of ether oxygens (including phenoxy) is 1. The molecule has 0 saturated carbocycles. The molecular weight excluding hydrogens is 435 g/mol. The molecule has 2 heterocycles. The van der Waals surface area contributed by atoms with Crippen molar-refractivity contribution in [3.63, 3.8) is 0 Å². The minimum absolute atomic E-state index is 0.124. The molecule has 7 nitrogen and oxygen atoms in total. The summed E-state index contributed by atoms with van der Waals surface area (Å²) in [6.45, 7) is 2.50. The van der Waals surface area contributed by atoms with Gasteiger partial charge in [0.1, 0.15) is 17.4 Å². The van der Waals surface area contributed by atoms with E-state index in [1.165, 1.54) is 12.1 Å². The molecule has 1 saturated heterocycles. The Morgan fingerprint density at radius 2 is 1.85 bits per heavy atom. The second-order valence-corrected chi connectivity index (χ2v) is 8.12. The quantitative estimate of drug-likeness (QED) is 0.604. The van der Waals surface area contributed by atoms with E-state index in [0.29, 0.717) is 30.9 Å². The molecule has 0 atom stereocenters. The van der Waals surface area contributed by atoms with Gasteiger partial charge in [-0.05, 0) is 54.4 Å². The molecule has 34 heavy (non-hydrogen) atoms. The minimum Gasteiger partial charge on any atom is -0.497 e. The molecule has 8 heteroatoms.